The van der Waals surface area contributed by atoms with Gasteiger partial charge in [-0.1, -0.05) is 26.2 Å². The Morgan fingerprint density at radius 2 is 1.85 bits per heavy atom. The first-order valence-corrected chi connectivity index (χ1v) is 7.90. The molecule has 4 heteroatoms. The van der Waals surface area contributed by atoms with E-state index in [1.165, 1.54) is 19.3 Å². The first kappa shape index (κ1) is 17.4. The summed E-state index contributed by atoms with van der Waals surface area (Å²) in [6, 6.07) is 0. The minimum Gasteiger partial charge on any atom is -0.463 e. The van der Waals surface area contributed by atoms with Crippen molar-refractivity contribution in [1.29, 1.82) is 0 Å². The van der Waals surface area contributed by atoms with Crippen LogP contribution in [0.15, 0.2) is 0 Å². The summed E-state index contributed by atoms with van der Waals surface area (Å²) in [7, 11) is 0. The maximum atomic E-state index is 11.7. The zero-order valence-electron chi connectivity index (χ0n) is 13.4. The molecule has 0 N–H and O–H groups in total. The molecule has 1 atom stereocenters. The quantitative estimate of drug-likeness (QED) is 0.388. The lowest BCUT2D eigenvalue weighted by molar-refractivity contribution is -0.178. The Labute approximate surface area is 123 Å². The molecule has 1 unspecified atom stereocenters. The van der Waals surface area contributed by atoms with Crippen molar-refractivity contribution in [2.24, 2.45) is 5.41 Å². The first-order valence-electron chi connectivity index (χ1n) is 7.90. The molecule has 0 aromatic heterocycles. The maximum absolute atomic E-state index is 11.7. The van der Waals surface area contributed by atoms with Crippen LogP contribution in [0.3, 0.4) is 0 Å². The molecule has 118 valence electrons. The van der Waals surface area contributed by atoms with Crippen molar-refractivity contribution < 1.29 is 19.0 Å². The molecule has 0 aromatic rings. The average molecular weight is 286 g/mol. The highest BCUT2D eigenvalue weighted by atomic mass is 16.7. The van der Waals surface area contributed by atoms with E-state index in [0.29, 0.717) is 19.3 Å². The van der Waals surface area contributed by atoms with Gasteiger partial charge >= 0.3 is 5.97 Å². The fourth-order valence-electron chi connectivity index (χ4n) is 2.20. The van der Waals surface area contributed by atoms with E-state index in [1.807, 2.05) is 27.7 Å². The Morgan fingerprint density at radius 1 is 1.20 bits per heavy atom. The van der Waals surface area contributed by atoms with Gasteiger partial charge in [0.25, 0.3) is 0 Å². The number of ether oxygens (including phenoxy) is 3. The van der Waals surface area contributed by atoms with Gasteiger partial charge < -0.3 is 14.2 Å². The molecule has 1 aliphatic rings. The van der Waals surface area contributed by atoms with Gasteiger partial charge in [-0.2, -0.15) is 0 Å². The number of carbonyl (C=O) groups is 1. The molecule has 4 nitrogen and oxygen atoms in total. The van der Waals surface area contributed by atoms with Crippen molar-refractivity contribution in [3.63, 3.8) is 0 Å². The fraction of sp³-hybridized carbons (Fsp3) is 0.938. The van der Waals surface area contributed by atoms with Crippen molar-refractivity contribution in [2.45, 2.75) is 78.6 Å². The predicted molar refractivity (Wildman–Crippen MR) is 78.4 cm³/mol. The Morgan fingerprint density at radius 3 is 2.45 bits per heavy atom. The normalized spacial score (nSPS) is 18.8. The van der Waals surface area contributed by atoms with Crippen molar-refractivity contribution in [3.05, 3.63) is 0 Å². The van der Waals surface area contributed by atoms with Crippen LogP contribution in [0.1, 0.15) is 66.2 Å². The Balaban J connectivity index is 2.09. The molecule has 0 radical (unpaired) electrons. The van der Waals surface area contributed by atoms with Gasteiger partial charge in [0.15, 0.2) is 6.29 Å². The molecule has 1 aliphatic carbocycles. The lowest BCUT2D eigenvalue weighted by atomic mass is 9.91. The van der Waals surface area contributed by atoms with Crippen LogP contribution in [0.5, 0.6) is 0 Å². The van der Waals surface area contributed by atoms with Crippen molar-refractivity contribution in [1.82, 2.24) is 0 Å². The summed E-state index contributed by atoms with van der Waals surface area (Å²) in [6.07, 6.45) is 6.96. The molecular formula is C16H30O4. The predicted octanol–water partition coefficient (Wildman–Crippen LogP) is 3.68. The monoisotopic (exact) mass is 286 g/mol. The minimum atomic E-state index is -0.412. The van der Waals surface area contributed by atoms with Gasteiger partial charge in [0, 0.05) is 0 Å². The second-order valence-corrected chi connectivity index (χ2v) is 6.21. The summed E-state index contributed by atoms with van der Waals surface area (Å²) in [5, 5.41) is 0. The van der Waals surface area contributed by atoms with Gasteiger partial charge in [-0.05, 0) is 40.0 Å². The summed E-state index contributed by atoms with van der Waals surface area (Å²) in [6.45, 7) is 8.36. The Bertz CT molecular complexity index is 282. The van der Waals surface area contributed by atoms with E-state index in [9.17, 15) is 4.79 Å². The van der Waals surface area contributed by atoms with E-state index in [-0.39, 0.29) is 12.3 Å². The van der Waals surface area contributed by atoms with Crippen molar-refractivity contribution in [3.8, 4) is 0 Å². The van der Waals surface area contributed by atoms with Crippen LogP contribution < -0.4 is 0 Å². The molecule has 1 saturated carbocycles. The lowest BCUT2D eigenvalue weighted by Gasteiger charge is -2.26. The number of carbonyl (C=O) groups excluding carboxylic acids is 1. The van der Waals surface area contributed by atoms with Gasteiger partial charge in [0.1, 0.15) is 6.61 Å². The molecule has 20 heavy (non-hydrogen) atoms. The number of hydrogen-bond acceptors (Lipinski definition) is 4. The van der Waals surface area contributed by atoms with Crippen LogP contribution in [0.4, 0.5) is 0 Å². The van der Waals surface area contributed by atoms with Crippen LogP contribution in [-0.4, -0.2) is 31.6 Å². The van der Waals surface area contributed by atoms with E-state index in [4.69, 9.17) is 14.2 Å². The SMILES string of the molecule is CCC(C)(C)C(=O)OCCOC(C)OC1CCCCC1. The maximum Gasteiger partial charge on any atom is 0.311 e. The average Bonchev–Trinajstić information content (AvgIpc) is 2.44. The number of esters is 1. The van der Waals surface area contributed by atoms with Crippen molar-refractivity contribution in [2.75, 3.05) is 13.2 Å². The summed E-state index contributed by atoms with van der Waals surface area (Å²) in [5.74, 6) is -0.163. The van der Waals surface area contributed by atoms with Gasteiger partial charge in [-0.3, -0.25) is 4.79 Å². The van der Waals surface area contributed by atoms with Crippen LogP contribution in [-0.2, 0) is 19.0 Å². The third kappa shape index (κ3) is 6.23. The molecule has 0 aromatic carbocycles. The van der Waals surface area contributed by atoms with Crippen LogP contribution in [0.2, 0.25) is 0 Å². The van der Waals surface area contributed by atoms with Gasteiger partial charge in [0.2, 0.25) is 0 Å². The molecule has 0 heterocycles. The second-order valence-electron chi connectivity index (χ2n) is 6.21. The third-order valence-electron chi connectivity index (χ3n) is 4.04. The molecule has 1 rings (SSSR count). The second kappa shape index (κ2) is 8.63. The number of rotatable bonds is 8. The Kier molecular flexibility index (Phi) is 7.52. The molecule has 0 amide bonds. The Hall–Kier alpha value is -0.610. The van der Waals surface area contributed by atoms with Gasteiger partial charge in [0.05, 0.1) is 18.1 Å². The van der Waals surface area contributed by atoms with Crippen LogP contribution >= 0.6 is 0 Å². The van der Waals surface area contributed by atoms with Crippen molar-refractivity contribution >= 4 is 5.97 Å². The van der Waals surface area contributed by atoms with E-state index < -0.39 is 5.41 Å². The highest BCUT2D eigenvalue weighted by Crippen LogP contribution is 2.22. The summed E-state index contributed by atoms with van der Waals surface area (Å²) >= 11 is 0. The summed E-state index contributed by atoms with van der Waals surface area (Å²) < 4.78 is 16.6. The van der Waals surface area contributed by atoms with E-state index in [0.717, 1.165) is 19.3 Å². The largest absolute Gasteiger partial charge is 0.463 e. The van der Waals surface area contributed by atoms with Crippen LogP contribution in [0.25, 0.3) is 0 Å². The molecular weight excluding hydrogens is 256 g/mol. The fourth-order valence-corrected chi connectivity index (χ4v) is 2.20. The van der Waals surface area contributed by atoms with Gasteiger partial charge in [-0.15, -0.1) is 0 Å². The van der Waals surface area contributed by atoms with E-state index in [2.05, 4.69) is 0 Å². The van der Waals surface area contributed by atoms with Crippen LogP contribution in [0, 0.1) is 5.41 Å². The smallest absolute Gasteiger partial charge is 0.311 e. The molecule has 0 spiro atoms. The topological polar surface area (TPSA) is 44.8 Å². The summed E-state index contributed by atoms with van der Waals surface area (Å²) in [4.78, 5) is 11.7. The van der Waals surface area contributed by atoms with Gasteiger partial charge in [-0.25, -0.2) is 0 Å². The highest BCUT2D eigenvalue weighted by Gasteiger charge is 2.26. The summed E-state index contributed by atoms with van der Waals surface area (Å²) in [5.41, 5.74) is -0.412. The minimum absolute atomic E-state index is 0.163. The zero-order chi connectivity index (χ0) is 15.0. The molecule has 0 bridgehead atoms. The molecule has 1 fully saturated rings. The standard InChI is InChI=1S/C16H30O4/c1-5-16(3,4)15(17)19-12-11-18-13(2)20-14-9-7-6-8-10-14/h13-14H,5-12H2,1-4H3. The van der Waals surface area contributed by atoms with E-state index >= 15 is 0 Å². The third-order valence-corrected chi connectivity index (χ3v) is 4.04. The number of hydrogen-bond donors (Lipinski definition) is 0. The lowest BCUT2D eigenvalue weighted by Crippen LogP contribution is -2.28. The zero-order valence-corrected chi connectivity index (χ0v) is 13.4. The molecule has 0 aliphatic heterocycles. The first-order chi connectivity index (χ1) is 9.45. The highest BCUT2D eigenvalue weighted by molar-refractivity contribution is 5.75. The van der Waals surface area contributed by atoms with E-state index in [1.54, 1.807) is 0 Å². The molecule has 0 saturated heterocycles.